The Morgan fingerprint density at radius 3 is 2.58 bits per heavy atom. The van der Waals surface area contributed by atoms with E-state index in [4.69, 9.17) is 11.6 Å². The van der Waals surface area contributed by atoms with Gasteiger partial charge >= 0.3 is 0 Å². The Morgan fingerprint density at radius 2 is 2.05 bits per heavy atom. The summed E-state index contributed by atoms with van der Waals surface area (Å²) in [6, 6.07) is 1.65. The second-order valence-electron chi connectivity index (χ2n) is 4.48. The molecule has 0 spiro atoms. The summed E-state index contributed by atoms with van der Waals surface area (Å²) in [5.74, 6) is 1.01. The summed E-state index contributed by atoms with van der Waals surface area (Å²) < 4.78 is 0. The monoisotopic (exact) mass is 283 g/mol. The van der Waals surface area contributed by atoms with Gasteiger partial charge in [0.25, 0.3) is 5.91 Å². The van der Waals surface area contributed by atoms with E-state index in [1.165, 1.54) is 0 Å². The zero-order chi connectivity index (χ0) is 14.3. The second kappa shape index (κ2) is 8.00. The number of aromatic nitrogens is 1. The zero-order valence-electron chi connectivity index (χ0n) is 11.8. The van der Waals surface area contributed by atoms with Crippen molar-refractivity contribution in [1.82, 2.24) is 10.3 Å². The molecule has 1 amide bonds. The van der Waals surface area contributed by atoms with Crippen molar-refractivity contribution in [3.63, 3.8) is 0 Å². The van der Waals surface area contributed by atoms with Gasteiger partial charge in [-0.15, -0.1) is 0 Å². The van der Waals surface area contributed by atoms with Crippen LogP contribution in [0.3, 0.4) is 0 Å². The van der Waals surface area contributed by atoms with Crippen LogP contribution in [-0.4, -0.2) is 24.0 Å². The molecular formula is C14H22ClN3O. The molecule has 1 heterocycles. The predicted octanol–water partition coefficient (Wildman–Crippen LogP) is 3.33. The van der Waals surface area contributed by atoms with Crippen LogP contribution in [0, 0.1) is 5.92 Å². The van der Waals surface area contributed by atoms with Crippen molar-refractivity contribution in [2.45, 2.75) is 33.6 Å². The molecular weight excluding hydrogens is 262 g/mol. The van der Waals surface area contributed by atoms with E-state index >= 15 is 0 Å². The van der Waals surface area contributed by atoms with Crippen molar-refractivity contribution < 1.29 is 4.79 Å². The van der Waals surface area contributed by atoms with Crippen molar-refractivity contribution in [1.29, 1.82) is 0 Å². The number of amides is 1. The van der Waals surface area contributed by atoms with Crippen molar-refractivity contribution in [2.24, 2.45) is 5.92 Å². The van der Waals surface area contributed by atoms with Gasteiger partial charge in [-0.3, -0.25) is 4.79 Å². The first-order chi connectivity index (χ1) is 9.12. The maximum atomic E-state index is 12.0. The molecule has 0 aliphatic carbocycles. The molecule has 0 aliphatic rings. The molecule has 1 aromatic rings. The summed E-state index contributed by atoms with van der Waals surface area (Å²) >= 11 is 6.06. The molecule has 0 radical (unpaired) electrons. The molecule has 0 aromatic carbocycles. The van der Waals surface area contributed by atoms with Gasteiger partial charge in [-0.25, -0.2) is 4.98 Å². The Labute approximate surface area is 120 Å². The number of pyridine rings is 1. The van der Waals surface area contributed by atoms with Crippen molar-refractivity contribution in [3.8, 4) is 0 Å². The smallest absolute Gasteiger partial charge is 0.252 e. The highest BCUT2D eigenvalue weighted by Gasteiger charge is 2.11. The third-order valence-electron chi connectivity index (χ3n) is 3.15. The molecule has 0 unspecified atom stereocenters. The first-order valence-corrected chi connectivity index (χ1v) is 7.17. The van der Waals surface area contributed by atoms with E-state index in [0.29, 0.717) is 28.9 Å². The van der Waals surface area contributed by atoms with E-state index in [1.807, 2.05) is 6.92 Å². The molecule has 19 heavy (non-hydrogen) atoms. The van der Waals surface area contributed by atoms with Crippen LogP contribution in [0.15, 0.2) is 12.3 Å². The third kappa shape index (κ3) is 4.71. The van der Waals surface area contributed by atoms with Gasteiger partial charge in [0.1, 0.15) is 5.82 Å². The Bertz CT molecular complexity index is 419. The van der Waals surface area contributed by atoms with Crippen LogP contribution in [0.1, 0.15) is 44.0 Å². The summed E-state index contributed by atoms with van der Waals surface area (Å²) in [6.45, 7) is 7.66. The van der Waals surface area contributed by atoms with E-state index in [-0.39, 0.29) is 5.91 Å². The maximum Gasteiger partial charge on any atom is 0.252 e. The minimum absolute atomic E-state index is 0.121. The predicted molar refractivity (Wildman–Crippen MR) is 79.8 cm³/mol. The summed E-state index contributed by atoms with van der Waals surface area (Å²) in [5, 5.41) is 6.43. The highest BCUT2D eigenvalue weighted by Crippen LogP contribution is 2.19. The van der Waals surface area contributed by atoms with Gasteiger partial charge in [-0.1, -0.05) is 38.3 Å². The number of hydrogen-bond donors (Lipinski definition) is 2. The Kier molecular flexibility index (Phi) is 6.64. The molecule has 0 saturated heterocycles. The molecule has 5 heteroatoms. The average molecular weight is 284 g/mol. The lowest BCUT2D eigenvalue weighted by atomic mass is 10.0. The Balaban J connectivity index is 2.64. The van der Waals surface area contributed by atoms with Crippen LogP contribution in [-0.2, 0) is 0 Å². The number of rotatable bonds is 7. The minimum atomic E-state index is -0.121. The summed E-state index contributed by atoms with van der Waals surface area (Å²) in [5.41, 5.74) is 0.498. The molecule has 0 saturated carbocycles. The summed E-state index contributed by atoms with van der Waals surface area (Å²) in [6.07, 6.45) is 3.68. The summed E-state index contributed by atoms with van der Waals surface area (Å²) in [7, 11) is 0. The van der Waals surface area contributed by atoms with E-state index in [1.54, 1.807) is 12.3 Å². The van der Waals surface area contributed by atoms with Crippen LogP contribution in [0.2, 0.25) is 5.02 Å². The second-order valence-corrected chi connectivity index (χ2v) is 4.88. The lowest BCUT2D eigenvalue weighted by Crippen LogP contribution is -2.29. The lowest BCUT2D eigenvalue weighted by Gasteiger charge is -2.13. The van der Waals surface area contributed by atoms with E-state index in [2.05, 4.69) is 29.5 Å². The minimum Gasteiger partial charge on any atom is -0.369 e. The molecule has 1 rings (SSSR count). The number of carbonyl (C=O) groups is 1. The van der Waals surface area contributed by atoms with Gasteiger partial charge in [0, 0.05) is 19.3 Å². The standard InChI is InChI=1S/C14H22ClN3O/c1-4-10(5-2)8-18-14(19)11-7-12(15)13(16-6-3)17-9-11/h7,9-10H,4-6,8H2,1-3H3,(H,16,17)(H,18,19). The molecule has 106 valence electrons. The van der Waals surface area contributed by atoms with Gasteiger partial charge in [-0.2, -0.15) is 0 Å². The molecule has 4 nitrogen and oxygen atoms in total. The normalized spacial score (nSPS) is 10.6. The van der Waals surface area contributed by atoms with Gasteiger partial charge in [0.15, 0.2) is 0 Å². The van der Waals surface area contributed by atoms with Crippen LogP contribution in [0.4, 0.5) is 5.82 Å². The highest BCUT2D eigenvalue weighted by molar-refractivity contribution is 6.33. The third-order valence-corrected chi connectivity index (χ3v) is 3.44. The van der Waals surface area contributed by atoms with E-state index < -0.39 is 0 Å². The molecule has 0 atom stereocenters. The Hall–Kier alpha value is -1.29. The summed E-state index contributed by atoms with van der Waals surface area (Å²) in [4.78, 5) is 16.1. The first-order valence-electron chi connectivity index (χ1n) is 6.79. The molecule has 0 aliphatic heterocycles. The van der Waals surface area contributed by atoms with Gasteiger partial charge in [-0.05, 0) is 18.9 Å². The van der Waals surface area contributed by atoms with Crippen LogP contribution in [0.5, 0.6) is 0 Å². The maximum absolute atomic E-state index is 12.0. The zero-order valence-corrected chi connectivity index (χ0v) is 12.5. The average Bonchev–Trinajstić information content (AvgIpc) is 2.42. The van der Waals surface area contributed by atoms with Crippen molar-refractivity contribution >= 4 is 23.3 Å². The Morgan fingerprint density at radius 1 is 1.37 bits per heavy atom. The van der Waals surface area contributed by atoms with Crippen LogP contribution in [0.25, 0.3) is 0 Å². The number of carbonyl (C=O) groups excluding carboxylic acids is 1. The van der Waals surface area contributed by atoms with Gasteiger partial charge in [0.2, 0.25) is 0 Å². The van der Waals surface area contributed by atoms with Crippen LogP contribution < -0.4 is 10.6 Å². The number of halogens is 1. The fraction of sp³-hybridized carbons (Fsp3) is 0.571. The van der Waals surface area contributed by atoms with Crippen molar-refractivity contribution in [2.75, 3.05) is 18.4 Å². The van der Waals surface area contributed by atoms with Crippen LogP contribution >= 0.6 is 11.6 Å². The number of nitrogens with zero attached hydrogens (tertiary/aromatic N) is 1. The highest BCUT2D eigenvalue weighted by atomic mass is 35.5. The number of hydrogen-bond acceptors (Lipinski definition) is 3. The lowest BCUT2D eigenvalue weighted by molar-refractivity contribution is 0.0946. The number of nitrogens with one attached hydrogen (secondary N) is 2. The number of anilines is 1. The quantitative estimate of drug-likeness (QED) is 0.807. The molecule has 0 fully saturated rings. The topological polar surface area (TPSA) is 54.0 Å². The van der Waals surface area contributed by atoms with Gasteiger partial charge < -0.3 is 10.6 Å². The first kappa shape index (κ1) is 15.8. The molecule has 0 bridgehead atoms. The fourth-order valence-electron chi connectivity index (χ4n) is 1.78. The van der Waals surface area contributed by atoms with Gasteiger partial charge in [0.05, 0.1) is 10.6 Å². The largest absolute Gasteiger partial charge is 0.369 e. The van der Waals surface area contributed by atoms with Crippen molar-refractivity contribution in [3.05, 3.63) is 22.8 Å². The van der Waals surface area contributed by atoms with E-state index in [9.17, 15) is 4.79 Å². The van der Waals surface area contributed by atoms with E-state index in [0.717, 1.165) is 19.4 Å². The SMILES string of the molecule is CCNc1ncc(C(=O)NCC(CC)CC)cc1Cl. The fourth-order valence-corrected chi connectivity index (χ4v) is 2.01. The molecule has 1 aromatic heterocycles. The molecule has 2 N–H and O–H groups in total.